The minimum Gasteiger partial charge on any atom is -0.444 e. The van der Waals surface area contributed by atoms with Gasteiger partial charge in [0.15, 0.2) is 5.78 Å². The molecule has 12 nitrogen and oxygen atoms in total. The topological polar surface area (TPSA) is 135 Å². The van der Waals surface area contributed by atoms with Crippen molar-refractivity contribution >= 4 is 40.4 Å². The maximum absolute atomic E-state index is 13.5. The second-order valence-electron chi connectivity index (χ2n) is 13.1. The fraction of sp³-hybridized carbons (Fsp3) is 0.576. The second kappa shape index (κ2) is 13.9. The summed E-state index contributed by atoms with van der Waals surface area (Å²) in [6.45, 7) is 14.2. The van der Waals surface area contributed by atoms with Crippen molar-refractivity contribution < 1.29 is 14.3 Å². The van der Waals surface area contributed by atoms with E-state index in [1.807, 2.05) is 39.1 Å². The van der Waals surface area contributed by atoms with Crippen molar-refractivity contribution in [2.24, 2.45) is 0 Å². The van der Waals surface area contributed by atoms with Crippen LogP contribution in [0.4, 0.5) is 22.2 Å². The molecule has 3 aromatic heterocycles. The number of amides is 1. The van der Waals surface area contributed by atoms with E-state index in [1.165, 1.54) is 6.92 Å². The number of hydrogen-bond acceptors (Lipinski definition) is 10. The van der Waals surface area contributed by atoms with Gasteiger partial charge in [0.25, 0.3) is 5.56 Å². The van der Waals surface area contributed by atoms with Gasteiger partial charge in [0.2, 0.25) is 5.95 Å². The van der Waals surface area contributed by atoms with Crippen LogP contribution >= 0.6 is 0 Å². The number of carbonyl (C=O) groups is 2. The number of carbonyl (C=O) groups excluding carboxylic acids is 2. The van der Waals surface area contributed by atoms with E-state index in [1.54, 1.807) is 17.7 Å². The van der Waals surface area contributed by atoms with Crippen LogP contribution in [0, 0.1) is 6.92 Å². The number of alkyl carbamates (subject to hydrolysis) is 1. The lowest BCUT2D eigenvalue weighted by Crippen LogP contribution is -2.46. The third kappa shape index (κ3) is 7.97. The Hall–Kier alpha value is -4.06. The largest absolute Gasteiger partial charge is 0.444 e. The van der Waals surface area contributed by atoms with Crippen molar-refractivity contribution in [3.8, 4) is 0 Å². The summed E-state index contributed by atoms with van der Waals surface area (Å²) in [6, 6.07) is 3.99. The zero-order valence-electron chi connectivity index (χ0n) is 27.2. The molecular formula is C33H46N8O4. The Morgan fingerprint density at radius 3 is 2.40 bits per heavy atom. The van der Waals surface area contributed by atoms with E-state index in [0.717, 1.165) is 82.3 Å². The van der Waals surface area contributed by atoms with E-state index in [4.69, 9.17) is 9.72 Å². The Bertz CT molecular complexity index is 1570. The molecule has 5 rings (SSSR count). The number of pyridine rings is 2. The van der Waals surface area contributed by atoms with Gasteiger partial charge in [-0.3, -0.25) is 19.1 Å². The molecule has 1 aliphatic heterocycles. The normalized spacial score (nSPS) is 16.2. The standard InChI is InChI=1S/C33H46N8O4/c1-22-26-21-36-31(38-29(26)41(24-10-6-7-11-24)30(43)28(22)23(2)42)37-27-13-12-25(20-35-27)40-18-16-39(17-19-40)15-9-8-14-34-32(44)45-33(3,4)5/h12-13,20-21,24H,6-11,14-19H2,1-5H3,(H,34,44)(H,35,36,37,38). The Labute approximate surface area is 264 Å². The monoisotopic (exact) mass is 618 g/mol. The molecule has 2 N–H and O–H groups in total. The summed E-state index contributed by atoms with van der Waals surface area (Å²) in [6.07, 6.45) is 9.03. The Morgan fingerprint density at radius 2 is 1.76 bits per heavy atom. The highest BCUT2D eigenvalue weighted by atomic mass is 16.6. The van der Waals surface area contributed by atoms with Crippen molar-refractivity contribution in [3.63, 3.8) is 0 Å². The van der Waals surface area contributed by atoms with E-state index in [2.05, 4.69) is 30.4 Å². The predicted octanol–water partition coefficient (Wildman–Crippen LogP) is 4.98. The van der Waals surface area contributed by atoms with Crippen LogP contribution in [0.25, 0.3) is 11.0 Å². The summed E-state index contributed by atoms with van der Waals surface area (Å²) < 4.78 is 7.00. The van der Waals surface area contributed by atoms with Crippen LogP contribution < -0.4 is 21.1 Å². The number of Topliss-reactive ketones (excluding diaryl/α,β-unsaturated/α-hetero) is 1. The Kier molecular flexibility index (Phi) is 10.0. The number of anilines is 3. The van der Waals surface area contributed by atoms with Crippen molar-refractivity contribution in [2.75, 3.05) is 49.5 Å². The van der Waals surface area contributed by atoms with Gasteiger partial charge in [-0.2, -0.15) is 4.98 Å². The fourth-order valence-corrected chi connectivity index (χ4v) is 6.27. The van der Waals surface area contributed by atoms with Gasteiger partial charge in [-0.1, -0.05) is 12.8 Å². The molecule has 4 heterocycles. The zero-order chi connectivity index (χ0) is 32.1. The molecule has 2 fully saturated rings. The lowest BCUT2D eigenvalue weighted by atomic mass is 10.0. The second-order valence-corrected chi connectivity index (χ2v) is 13.1. The molecule has 3 aromatic rings. The molecule has 0 unspecified atom stereocenters. The summed E-state index contributed by atoms with van der Waals surface area (Å²) in [5, 5.41) is 6.75. The summed E-state index contributed by atoms with van der Waals surface area (Å²) in [5.41, 5.74) is 1.73. The number of ether oxygens (including phenoxy) is 1. The number of rotatable bonds is 10. The van der Waals surface area contributed by atoms with Crippen LogP contribution in [-0.2, 0) is 4.74 Å². The summed E-state index contributed by atoms with van der Waals surface area (Å²) in [5.74, 6) is 0.742. The maximum Gasteiger partial charge on any atom is 0.407 e. The van der Waals surface area contributed by atoms with Crippen LogP contribution in [0.15, 0.2) is 29.3 Å². The van der Waals surface area contributed by atoms with E-state index in [9.17, 15) is 14.4 Å². The summed E-state index contributed by atoms with van der Waals surface area (Å²) in [4.78, 5) is 56.3. The third-order valence-electron chi connectivity index (χ3n) is 8.54. The van der Waals surface area contributed by atoms with Gasteiger partial charge in [0.1, 0.15) is 17.1 Å². The third-order valence-corrected chi connectivity index (χ3v) is 8.54. The number of nitrogens with one attached hydrogen (secondary N) is 2. The number of aromatic nitrogens is 4. The molecule has 0 spiro atoms. The van der Waals surface area contributed by atoms with Crippen LogP contribution in [-0.4, -0.2) is 81.2 Å². The van der Waals surface area contributed by atoms with Crippen molar-refractivity contribution in [1.29, 1.82) is 0 Å². The molecule has 45 heavy (non-hydrogen) atoms. The van der Waals surface area contributed by atoms with Gasteiger partial charge < -0.3 is 20.3 Å². The molecule has 2 aliphatic rings. The first kappa shape index (κ1) is 32.3. The first-order valence-corrected chi connectivity index (χ1v) is 16.1. The lowest BCUT2D eigenvalue weighted by Gasteiger charge is -2.36. The van der Waals surface area contributed by atoms with Crippen LogP contribution in [0.2, 0.25) is 0 Å². The number of hydrogen-bond donors (Lipinski definition) is 2. The molecule has 0 radical (unpaired) electrons. The number of aryl methyl sites for hydroxylation is 1. The van der Waals surface area contributed by atoms with Gasteiger partial charge in [0, 0.05) is 50.3 Å². The minimum absolute atomic E-state index is 0.0282. The highest BCUT2D eigenvalue weighted by molar-refractivity contribution is 5.99. The molecule has 242 valence electrons. The quantitative estimate of drug-likeness (QED) is 0.237. The van der Waals surface area contributed by atoms with Gasteiger partial charge >= 0.3 is 6.09 Å². The number of fused-ring (bicyclic) bond motifs is 1. The molecule has 0 aromatic carbocycles. The molecule has 1 amide bonds. The predicted molar refractivity (Wildman–Crippen MR) is 176 cm³/mol. The number of ketones is 1. The molecule has 1 aliphatic carbocycles. The highest BCUT2D eigenvalue weighted by Crippen LogP contribution is 2.32. The Balaban J connectivity index is 1.16. The summed E-state index contributed by atoms with van der Waals surface area (Å²) in [7, 11) is 0. The van der Waals surface area contributed by atoms with E-state index in [0.29, 0.717) is 29.5 Å². The van der Waals surface area contributed by atoms with Crippen molar-refractivity contribution in [1.82, 2.24) is 29.7 Å². The molecule has 0 atom stereocenters. The molecule has 1 saturated carbocycles. The zero-order valence-corrected chi connectivity index (χ0v) is 27.2. The highest BCUT2D eigenvalue weighted by Gasteiger charge is 2.26. The molecule has 12 heteroatoms. The average Bonchev–Trinajstić information content (AvgIpc) is 3.51. The van der Waals surface area contributed by atoms with Gasteiger partial charge in [-0.25, -0.2) is 14.8 Å². The van der Waals surface area contributed by atoms with Gasteiger partial charge in [0.05, 0.1) is 17.4 Å². The van der Waals surface area contributed by atoms with Crippen molar-refractivity contribution in [3.05, 3.63) is 46.0 Å². The Morgan fingerprint density at radius 1 is 1.02 bits per heavy atom. The van der Waals surface area contributed by atoms with Crippen LogP contribution in [0.1, 0.15) is 88.2 Å². The number of nitrogens with zero attached hydrogens (tertiary/aromatic N) is 6. The van der Waals surface area contributed by atoms with Gasteiger partial charge in [-0.15, -0.1) is 0 Å². The maximum atomic E-state index is 13.5. The summed E-state index contributed by atoms with van der Waals surface area (Å²) >= 11 is 0. The van der Waals surface area contributed by atoms with E-state index >= 15 is 0 Å². The van der Waals surface area contributed by atoms with Crippen molar-refractivity contribution in [2.45, 2.75) is 84.8 Å². The molecule has 1 saturated heterocycles. The minimum atomic E-state index is -0.480. The SMILES string of the molecule is CC(=O)c1c(C)c2cnc(Nc3ccc(N4CCN(CCCCNC(=O)OC(C)(C)C)CC4)cn3)nc2n(C2CCCC2)c1=O. The number of unbranched alkanes of at least 4 members (excludes halogenated alkanes) is 1. The van der Waals surface area contributed by atoms with E-state index < -0.39 is 5.60 Å². The first-order chi connectivity index (χ1) is 21.5. The van der Waals surface area contributed by atoms with Crippen LogP contribution in [0.3, 0.4) is 0 Å². The molecular weight excluding hydrogens is 572 g/mol. The number of piperazine rings is 1. The molecule has 0 bridgehead atoms. The van der Waals surface area contributed by atoms with Crippen LogP contribution in [0.5, 0.6) is 0 Å². The lowest BCUT2D eigenvalue weighted by molar-refractivity contribution is 0.0526. The fourth-order valence-electron chi connectivity index (χ4n) is 6.27. The average molecular weight is 619 g/mol. The smallest absolute Gasteiger partial charge is 0.407 e. The van der Waals surface area contributed by atoms with E-state index in [-0.39, 0.29) is 29.0 Å². The first-order valence-electron chi connectivity index (χ1n) is 16.1. The van der Waals surface area contributed by atoms with Gasteiger partial charge in [-0.05, 0) is 84.5 Å².